The van der Waals surface area contributed by atoms with E-state index in [1.165, 1.54) is 5.56 Å². The van der Waals surface area contributed by atoms with Crippen LogP contribution in [-0.4, -0.2) is 29.0 Å². The van der Waals surface area contributed by atoms with Gasteiger partial charge in [0.1, 0.15) is 5.82 Å². The van der Waals surface area contributed by atoms with E-state index in [9.17, 15) is 0 Å². The van der Waals surface area contributed by atoms with Crippen molar-refractivity contribution in [2.75, 3.05) is 19.4 Å². The molecule has 2 aromatic heterocycles. The highest BCUT2D eigenvalue weighted by Gasteiger charge is 2.07. The lowest BCUT2D eigenvalue weighted by atomic mass is 10.2. The number of hydrogen-bond donors (Lipinski definition) is 1. The van der Waals surface area contributed by atoms with Crippen LogP contribution in [0.4, 0.5) is 5.82 Å². The van der Waals surface area contributed by atoms with Crippen LogP contribution in [0.3, 0.4) is 0 Å². The second-order valence-electron chi connectivity index (χ2n) is 4.40. The number of pyridine rings is 2. The van der Waals surface area contributed by atoms with Gasteiger partial charge in [-0.15, -0.1) is 0 Å². The van der Waals surface area contributed by atoms with Crippen LogP contribution >= 0.6 is 11.6 Å². The van der Waals surface area contributed by atoms with Gasteiger partial charge in [0.2, 0.25) is 0 Å². The molecule has 0 bridgehead atoms. The summed E-state index contributed by atoms with van der Waals surface area (Å²) in [5, 5.41) is 3.72. The zero-order valence-corrected chi connectivity index (χ0v) is 11.9. The average molecular weight is 277 g/mol. The monoisotopic (exact) mass is 276 g/mol. The minimum absolute atomic E-state index is 0.695. The van der Waals surface area contributed by atoms with Crippen LogP contribution in [0, 0.1) is 0 Å². The summed E-state index contributed by atoms with van der Waals surface area (Å²) in [6.45, 7) is 1.54. The van der Waals surface area contributed by atoms with Gasteiger partial charge < -0.3 is 5.32 Å². The molecule has 0 saturated carbocycles. The van der Waals surface area contributed by atoms with E-state index in [2.05, 4.69) is 20.2 Å². The number of aromatic nitrogens is 2. The van der Waals surface area contributed by atoms with Crippen molar-refractivity contribution < 1.29 is 0 Å². The van der Waals surface area contributed by atoms with Gasteiger partial charge in [0, 0.05) is 32.5 Å². The van der Waals surface area contributed by atoms with Crippen molar-refractivity contribution >= 4 is 17.4 Å². The van der Waals surface area contributed by atoms with Gasteiger partial charge in [-0.25, -0.2) is 4.98 Å². The first-order valence-electron chi connectivity index (χ1n) is 6.09. The summed E-state index contributed by atoms with van der Waals surface area (Å²) in [7, 11) is 3.89. The topological polar surface area (TPSA) is 41.0 Å². The fourth-order valence-corrected chi connectivity index (χ4v) is 2.01. The molecule has 0 aliphatic carbocycles. The summed E-state index contributed by atoms with van der Waals surface area (Å²) in [5.41, 5.74) is 2.10. The van der Waals surface area contributed by atoms with Gasteiger partial charge in [0.15, 0.2) is 0 Å². The third-order valence-corrected chi connectivity index (χ3v) is 3.14. The molecular formula is C14H17ClN4. The highest BCUT2D eigenvalue weighted by molar-refractivity contribution is 6.31. The molecule has 0 unspecified atom stereocenters. The smallest absolute Gasteiger partial charge is 0.126 e. The molecule has 0 atom stereocenters. The Hall–Kier alpha value is -1.65. The summed E-state index contributed by atoms with van der Waals surface area (Å²) in [6.07, 6.45) is 3.60. The normalized spacial score (nSPS) is 10.7. The second-order valence-corrected chi connectivity index (χ2v) is 4.81. The van der Waals surface area contributed by atoms with Gasteiger partial charge in [-0.1, -0.05) is 11.6 Å². The molecule has 0 aliphatic rings. The molecule has 5 heteroatoms. The van der Waals surface area contributed by atoms with Crippen LogP contribution in [0.1, 0.15) is 11.3 Å². The molecule has 0 aliphatic heterocycles. The van der Waals surface area contributed by atoms with Crippen LogP contribution in [0.15, 0.2) is 36.7 Å². The highest BCUT2D eigenvalue weighted by atomic mass is 35.5. The molecular weight excluding hydrogens is 260 g/mol. The number of halogens is 1. The van der Waals surface area contributed by atoms with Gasteiger partial charge >= 0.3 is 0 Å². The van der Waals surface area contributed by atoms with Crippen LogP contribution in [0.2, 0.25) is 5.02 Å². The van der Waals surface area contributed by atoms with Crippen molar-refractivity contribution in [2.24, 2.45) is 0 Å². The Balaban J connectivity index is 2.04. The molecule has 4 nitrogen and oxygen atoms in total. The quantitative estimate of drug-likeness (QED) is 0.912. The van der Waals surface area contributed by atoms with E-state index in [1.807, 2.05) is 38.4 Å². The highest BCUT2D eigenvalue weighted by Crippen LogP contribution is 2.18. The first kappa shape index (κ1) is 13.8. The maximum absolute atomic E-state index is 6.17. The van der Waals surface area contributed by atoms with E-state index in [4.69, 9.17) is 11.6 Å². The minimum Gasteiger partial charge on any atom is -0.373 e. The predicted octanol–water partition coefficient (Wildman–Crippen LogP) is 2.80. The lowest BCUT2D eigenvalue weighted by Gasteiger charge is -2.17. The number of rotatable bonds is 5. The Kier molecular flexibility index (Phi) is 4.71. The van der Waals surface area contributed by atoms with E-state index >= 15 is 0 Å². The van der Waals surface area contributed by atoms with Crippen LogP contribution in [0.5, 0.6) is 0 Å². The average Bonchev–Trinajstić information content (AvgIpc) is 2.42. The Morgan fingerprint density at radius 3 is 2.58 bits per heavy atom. The molecule has 0 amide bonds. The van der Waals surface area contributed by atoms with E-state index < -0.39 is 0 Å². The van der Waals surface area contributed by atoms with Crippen LogP contribution < -0.4 is 5.32 Å². The standard InChI is InChI=1S/C14H17ClN4/c1-16-14-4-3-12(15)13(18-14)10-19(2)9-11-5-7-17-8-6-11/h3-8H,9-10H2,1-2H3,(H,16,18). The minimum atomic E-state index is 0.695. The lowest BCUT2D eigenvalue weighted by molar-refractivity contribution is 0.315. The summed E-state index contributed by atoms with van der Waals surface area (Å²) in [4.78, 5) is 10.7. The third-order valence-electron chi connectivity index (χ3n) is 2.80. The molecule has 0 spiro atoms. The van der Waals surface area contributed by atoms with Gasteiger partial charge in [-0.3, -0.25) is 9.88 Å². The van der Waals surface area contributed by atoms with Crippen molar-refractivity contribution in [3.05, 3.63) is 52.9 Å². The third kappa shape index (κ3) is 3.91. The first-order chi connectivity index (χ1) is 9.19. The van der Waals surface area contributed by atoms with E-state index in [0.29, 0.717) is 11.6 Å². The molecule has 0 aromatic carbocycles. The number of nitrogens with one attached hydrogen (secondary N) is 1. The van der Waals surface area contributed by atoms with E-state index in [-0.39, 0.29) is 0 Å². The fraction of sp³-hybridized carbons (Fsp3) is 0.286. The van der Waals surface area contributed by atoms with Gasteiger partial charge in [-0.2, -0.15) is 0 Å². The lowest BCUT2D eigenvalue weighted by Crippen LogP contribution is -2.18. The molecule has 0 fully saturated rings. The first-order valence-corrected chi connectivity index (χ1v) is 6.47. The van der Waals surface area contributed by atoms with Gasteiger partial charge in [-0.05, 0) is 36.9 Å². The van der Waals surface area contributed by atoms with Crippen molar-refractivity contribution in [3.63, 3.8) is 0 Å². The summed E-state index contributed by atoms with van der Waals surface area (Å²) >= 11 is 6.17. The van der Waals surface area contributed by atoms with E-state index in [0.717, 1.165) is 18.1 Å². The molecule has 2 heterocycles. The Morgan fingerprint density at radius 1 is 1.16 bits per heavy atom. The second kappa shape index (κ2) is 6.50. The summed E-state index contributed by atoms with van der Waals surface area (Å²) in [6, 6.07) is 7.76. The number of anilines is 1. The SMILES string of the molecule is CNc1ccc(Cl)c(CN(C)Cc2ccncc2)n1. The summed E-state index contributed by atoms with van der Waals surface area (Å²) in [5.74, 6) is 0.830. The molecule has 0 saturated heterocycles. The molecule has 2 aromatic rings. The van der Waals surface area contributed by atoms with Gasteiger partial charge in [0.05, 0.1) is 10.7 Å². The zero-order chi connectivity index (χ0) is 13.7. The van der Waals surface area contributed by atoms with E-state index in [1.54, 1.807) is 12.4 Å². The van der Waals surface area contributed by atoms with Gasteiger partial charge in [0.25, 0.3) is 0 Å². The molecule has 2 rings (SSSR count). The Bertz CT molecular complexity index is 530. The van der Waals surface area contributed by atoms with Crippen molar-refractivity contribution in [1.82, 2.24) is 14.9 Å². The molecule has 0 radical (unpaired) electrons. The summed E-state index contributed by atoms with van der Waals surface area (Å²) < 4.78 is 0. The van der Waals surface area contributed by atoms with Crippen LogP contribution in [-0.2, 0) is 13.1 Å². The molecule has 1 N–H and O–H groups in total. The van der Waals surface area contributed by atoms with Crippen molar-refractivity contribution in [3.8, 4) is 0 Å². The maximum Gasteiger partial charge on any atom is 0.126 e. The predicted molar refractivity (Wildman–Crippen MR) is 78.2 cm³/mol. The maximum atomic E-state index is 6.17. The molecule has 19 heavy (non-hydrogen) atoms. The van der Waals surface area contributed by atoms with Crippen LogP contribution in [0.25, 0.3) is 0 Å². The van der Waals surface area contributed by atoms with Crippen molar-refractivity contribution in [2.45, 2.75) is 13.1 Å². The Labute approximate surface area is 118 Å². The number of nitrogens with zero attached hydrogens (tertiary/aromatic N) is 3. The largest absolute Gasteiger partial charge is 0.373 e. The van der Waals surface area contributed by atoms with Crippen molar-refractivity contribution in [1.29, 1.82) is 0 Å². The Morgan fingerprint density at radius 2 is 1.89 bits per heavy atom. The fourth-order valence-electron chi connectivity index (χ4n) is 1.85. The molecule has 100 valence electrons. The zero-order valence-electron chi connectivity index (χ0n) is 11.1. The number of hydrogen-bond acceptors (Lipinski definition) is 4.